The summed E-state index contributed by atoms with van der Waals surface area (Å²) < 4.78 is 23.9. The highest BCUT2D eigenvalue weighted by molar-refractivity contribution is 7.89. The number of carbonyl (C=O) groups is 2. The summed E-state index contributed by atoms with van der Waals surface area (Å²) in [6, 6.07) is 15.4. The Bertz CT molecular complexity index is 798. The molecule has 0 radical (unpaired) electrons. The van der Waals surface area contributed by atoms with Gasteiger partial charge in [-0.2, -0.15) is 0 Å². The van der Waals surface area contributed by atoms with E-state index in [4.69, 9.17) is 0 Å². The van der Waals surface area contributed by atoms with Crippen molar-refractivity contribution in [2.75, 3.05) is 6.26 Å². The molecule has 0 unspecified atom stereocenters. The third-order valence-corrected chi connectivity index (χ3v) is 3.49. The second-order valence-electron chi connectivity index (χ2n) is 4.87. The van der Waals surface area contributed by atoms with E-state index in [1.807, 2.05) is 10.8 Å². The van der Waals surface area contributed by atoms with Gasteiger partial charge in [0, 0.05) is 11.1 Å². The van der Waals surface area contributed by atoms with Crippen LogP contribution in [0.15, 0.2) is 54.6 Å². The van der Waals surface area contributed by atoms with Gasteiger partial charge >= 0.3 is 0 Å². The number of rotatable bonds is 5. The average Bonchev–Trinajstić information content (AvgIpc) is 2.45. The van der Waals surface area contributed by atoms with Crippen LogP contribution in [0.3, 0.4) is 0 Å². The van der Waals surface area contributed by atoms with Crippen LogP contribution in [0.1, 0.15) is 21.5 Å². The molecule has 2 rings (SSSR count). The van der Waals surface area contributed by atoms with Gasteiger partial charge in [-0.15, -0.1) is 0 Å². The summed E-state index contributed by atoms with van der Waals surface area (Å²) in [5.41, 5.74) is 1.58. The van der Waals surface area contributed by atoms with Crippen molar-refractivity contribution >= 4 is 21.7 Å². The number of hydrogen-bond donors (Lipinski definition) is 1. The van der Waals surface area contributed by atoms with Gasteiger partial charge in [0.1, 0.15) is 0 Å². The first-order chi connectivity index (χ1) is 10.3. The number of nitrogens with one attached hydrogen (secondary N) is 1. The first kappa shape index (κ1) is 15.9. The Labute approximate surface area is 129 Å². The van der Waals surface area contributed by atoms with Crippen molar-refractivity contribution < 1.29 is 18.0 Å². The van der Waals surface area contributed by atoms with Crippen LogP contribution in [0.4, 0.5) is 0 Å². The number of amides is 1. The number of carbonyl (C=O) groups excluding carboxylic acids is 2. The van der Waals surface area contributed by atoms with E-state index in [1.54, 1.807) is 48.5 Å². The molecule has 1 N–H and O–H groups in total. The number of ketones is 1. The maximum absolute atomic E-state index is 12.3. The van der Waals surface area contributed by atoms with Gasteiger partial charge in [-0.25, -0.2) is 8.42 Å². The SMILES string of the molecule is CS(=O)(=O)NC(=O)Cc1cccc(C(=O)c2ccccc2)c1. The van der Waals surface area contributed by atoms with Crippen LogP contribution in [0.2, 0.25) is 0 Å². The van der Waals surface area contributed by atoms with Crippen LogP contribution in [0.5, 0.6) is 0 Å². The number of benzene rings is 2. The van der Waals surface area contributed by atoms with E-state index in [1.165, 1.54) is 0 Å². The van der Waals surface area contributed by atoms with E-state index in [2.05, 4.69) is 0 Å². The van der Waals surface area contributed by atoms with E-state index in [9.17, 15) is 18.0 Å². The van der Waals surface area contributed by atoms with Crippen molar-refractivity contribution in [2.45, 2.75) is 6.42 Å². The predicted molar refractivity (Wildman–Crippen MR) is 83.0 cm³/mol. The molecule has 0 atom stereocenters. The first-order valence-electron chi connectivity index (χ1n) is 6.54. The van der Waals surface area contributed by atoms with Gasteiger partial charge in [0.2, 0.25) is 15.9 Å². The average molecular weight is 317 g/mol. The van der Waals surface area contributed by atoms with Gasteiger partial charge in [0.15, 0.2) is 5.78 Å². The van der Waals surface area contributed by atoms with E-state index in [0.29, 0.717) is 16.7 Å². The second kappa shape index (κ2) is 6.53. The Kier molecular flexibility index (Phi) is 4.72. The highest BCUT2D eigenvalue weighted by atomic mass is 32.2. The monoisotopic (exact) mass is 317 g/mol. The maximum Gasteiger partial charge on any atom is 0.237 e. The molecular formula is C16H15NO4S. The lowest BCUT2D eigenvalue weighted by molar-refractivity contribution is -0.118. The molecule has 0 fully saturated rings. The first-order valence-corrected chi connectivity index (χ1v) is 8.43. The molecule has 114 valence electrons. The molecule has 1 amide bonds. The fourth-order valence-electron chi connectivity index (χ4n) is 2.01. The highest BCUT2D eigenvalue weighted by Gasteiger charge is 2.12. The molecule has 0 bridgehead atoms. The van der Waals surface area contributed by atoms with Crippen LogP contribution in [-0.2, 0) is 21.2 Å². The van der Waals surface area contributed by atoms with Gasteiger partial charge in [-0.1, -0.05) is 48.5 Å². The van der Waals surface area contributed by atoms with Crippen LogP contribution in [0.25, 0.3) is 0 Å². The minimum atomic E-state index is -3.58. The zero-order chi connectivity index (χ0) is 16.2. The highest BCUT2D eigenvalue weighted by Crippen LogP contribution is 2.12. The molecule has 0 saturated carbocycles. The summed E-state index contributed by atoms with van der Waals surface area (Å²) >= 11 is 0. The molecular weight excluding hydrogens is 302 g/mol. The molecule has 0 aliphatic carbocycles. The summed E-state index contributed by atoms with van der Waals surface area (Å²) in [5, 5.41) is 0. The predicted octanol–water partition coefficient (Wildman–Crippen LogP) is 1.54. The topological polar surface area (TPSA) is 80.3 Å². The zero-order valence-electron chi connectivity index (χ0n) is 11.9. The van der Waals surface area contributed by atoms with E-state index in [-0.39, 0.29) is 12.2 Å². The van der Waals surface area contributed by atoms with Gasteiger partial charge in [0.05, 0.1) is 12.7 Å². The molecule has 0 aliphatic heterocycles. The molecule has 2 aromatic rings. The summed E-state index contributed by atoms with van der Waals surface area (Å²) in [4.78, 5) is 23.9. The lowest BCUT2D eigenvalue weighted by Gasteiger charge is -2.05. The third-order valence-electron chi connectivity index (χ3n) is 2.89. The molecule has 22 heavy (non-hydrogen) atoms. The summed E-state index contributed by atoms with van der Waals surface area (Å²) in [6.45, 7) is 0. The van der Waals surface area contributed by atoms with Gasteiger partial charge in [-0.05, 0) is 11.6 Å². The van der Waals surface area contributed by atoms with E-state index < -0.39 is 15.9 Å². The summed E-state index contributed by atoms with van der Waals surface area (Å²) in [6.07, 6.45) is 0.809. The molecule has 0 aliphatic rings. The molecule has 0 spiro atoms. The van der Waals surface area contributed by atoms with Crippen molar-refractivity contribution in [2.24, 2.45) is 0 Å². The Morgan fingerprint density at radius 1 is 0.955 bits per heavy atom. The molecule has 2 aromatic carbocycles. The Hall–Kier alpha value is -2.47. The maximum atomic E-state index is 12.3. The molecule has 5 nitrogen and oxygen atoms in total. The fourth-order valence-corrected chi connectivity index (χ4v) is 2.49. The number of sulfonamides is 1. The molecule has 6 heteroatoms. The Morgan fingerprint density at radius 2 is 1.59 bits per heavy atom. The summed E-state index contributed by atoms with van der Waals surface area (Å²) in [5.74, 6) is -0.780. The van der Waals surface area contributed by atoms with Crippen molar-refractivity contribution in [3.8, 4) is 0 Å². The standard InChI is InChI=1S/C16H15NO4S/c1-22(20,21)17-15(18)11-12-6-5-9-14(10-12)16(19)13-7-3-2-4-8-13/h2-10H,11H2,1H3,(H,17,18). The Morgan fingerprint density at radius 3 is 2.23 bits per heavy atom. The van der Waals surface area contributed by atoms with Crippen molar-refractivity contribution in [1.82, 2.24) is 4.72 Å². The van der Waals surface area contributed by atoms with E-state index in [0.717, 1.165) is 6.26 Å². The molecule has 0 saturated heterocycles. The number of hydrogen-bond acceptors (Lipinski definition) is 4. The Balaban J connectivity index is 2.17. The van der Waals surface area contributed by atoms with Crippen LogP contribution < -0.4 is 4.72 Å². The van der Waals surface area contributed by atoms with Crippen LogP contribution in [-0.4, -0.2) is 26.4 Å². The fraction of sp³-hybridized carbons (Fsp3) is 0.125. The lowest BCUT2D eigenvalue weighted by atomic mass is 10.0. The second-order valence-corrected chi connectivity index (χ2v) is 6.62. The largest absolute Gasteiger partial charge is 0.289 e. The minimum Gasteiger partial charge on any atom is -0.289 e. The lowest BCUT2D eigenvalue weighted by Crippen LogP contribution is -2.30. The normalized spacial score (nSPS) is 11.0. The third kappa shape index (κ3) is 4.53. The molecule has 0 aromatic heterocycles. The van der Waals surface area contributed by atoms with Crippen molar-refractivity contribution in [3.05, 3.63) is 71.3 Å². The minimum absolute atomic E-state index is 0.108. The smallest absolute Gasteiger partial charge is 0.237 e. The zero-order valence-corrected chi connectivity index (χ0v) is 12.8. The van der Waals surface area contributed by atoms with Gasteiger partial charge in [0.25, 0.3) is 0 Å². The van der Waals surface area contributed by atoms with E-state index >= 15 is 0 Å². The van der Waals surface area contributed by atoms with Gasteiger partial charge < -0.3 is 0 Å². The summed E-state index contributed by atoms with van der Waals surface area (Å²) in [7, 11) is -3.58. The molecule has 0 heterocycles. The van der Waals surface area contributed by atoms with Crippen LogP contribution in [0, 0.1) is 0 Å². The van der Waals surface area contributed by atoms with Crippen molar-refractivity contribution in [3.63, 3.8) is 0 Å². The van der Waals surface area contributed by atoms with Crippen LogP contribution >= 0.6 is 0 Å². The quantitative estimate of drug-likeness (QED) is 0.848. The van der Waals surface area contributed by atoms with Crippen molar-refractivity contribution in [1.29, 1.82) is 0 Å². The van der Waals surface area contributed by atoms with Gasteiger partial charge in [-0.3, -0.25) is 14.3 Å².